The van der Waals surface area contributed by atoms with Crippen molar-refractivity contribution in [2.75, 3.05) is 6.61 Å². The summed E-state index contributed by atoms with van der Waals surface area (Å²) in [6, 6.07) is 11.5. The molecule has 0 aliphatic heterocycles. The number of ether oxygens (including phenoxy) is 1. The van der Waals surface area contributed by atoms with Gasteiger partial charge in [-0.3, -0.25) is 0 Å². The van der Waals surface area contributed by atoms with Crippen LogP contribution in [0.5, 0.6) is 5.75 Å². The van der Waals surface area contributed by atoms with E-state index < -0.39 is 22.1 Å². The van der Waals surface area contributed by atoms with Crippen molar-refractivity contribution in [3.63, 3.8) is 0 Å². The molecule has 0 saturated carbocycles. The van der Waals surface area contributed by atoms with Crippen LogP contribution in [0.2, 0.25) is 5.02 Å². The molecule has 3 aromatic rings. The van der Waals surface area contributed by atoms with E-state index in [1.54, 1.807) is 6.07 Å². The standard InChI is InChI=1S/C19H18ClF2NO3S/c1-2-3-11-26-17-10-9-15-14(18(17)20)12-16(19(21)22)23(15)27(24,25)13-7-5-4-6-8-13/h4-10,12,19H,2-3,11H2,1H3. The summed E-state index contributed by atoms with van der Waals surface area (Å²) in [6.07, 6.45) is -1.24. The Balaban J connectivity index is 2.20. The van der Waals surface area contributed by atoms with Crippen molar-refractivity contribution in [1.29, 1.82) is 0 Å². The molecule has 1 aromatic heterocycles. The Hall–Kier alpha value is -2.12. The van der Waals surface area contributed by atoms with Gasteiger partial charge in [0.2, 0.25) is 0 Å². The van der Waals surface area contributed by atoms with Crippen LogP contribution in [-0.4, -0.2) is 19.0 Å². The van der Waals surface area contributed by atoms with E-state index in [1.807, 2.05) is 6.92 Å². The summed E-state index contributed by atoms with van der Waals surface area (Å²) in [7, 11) is -4.21. The summed E-state index contributed by atoms with van der Waals surface area (Å²) in [5, 5.41) is 0.327. The molecule has 0 aliphatic carbocycles. The van der Waals surface area contributed by atoms with Crippen molar-refractivity contribution in [1.82, 2.24) is 3.97 Å². The molecular weight excluding hydrogens is 396 g/mol. The number of nitrogens with zero attached hydrogens (tertiary/aromatic N) is 1. The van der Waals surface area contributed by atoms with Crippen LogP contribution < -0.4 is 4.74 Å². The molecule has 0 N–H and O–H groups in total. The summed E-state index contributed by atoms with van der Waals surface area (Å²) < 4.78 is 59.5. The molecule has 0 saturated heterocycles. The Morgan fingerprint density at radius 3 is 2.48 bits per heavy atom. The lowest BCUT2D eigenvalue weighted by Crippen LogP contribution is -2.15. The third-order valence-corrected chi connectivity index (χ3v) is 6.27. The van der Waals surface area contributed by atoms with E-state index in [0.29, 0.717) is 16.3 Å². The van der Waals surface area contributed by atoms with E-state index >= 15 is 0 Å². The third kappa shape index (κ3) is 3.66. The van der Waals surface area contributed by atoms with Crippen molar-refractivity contribution in [3.05, 3.63) is 59.2 Å². The first-order valence-corrected chi connectivity index (χ1v) is 10.2. The van der Waals surface area contributed by atoms with Gasteiger partial charge in [-0.15, -0.1) is 0 Å². The van der Waals surface area contributed by atoms with Crippen LogP contribution in [0.25, 0.3) is 10.9 Å². The van der Waals surface area contributed by atoms with Crippen molar-refractivity contribution in [2.45, 2.75) is 31.1 Å². The fourth-order valence-electron chi connectivity index (χ4n) is 2.78. The topological polar surface area (TPSA) is 48.3 Å². The molecule has 8 heteroatoms. The quantitative estimate of drug-likeness (QED) is 0.470. The molecule has 0 radical (unpaired) electrons. The van der Waals surface area contributed by atoms with Crippen molar-refractivity contribution in [2.24, 2.45) is 0 Å². The largest absolute Gasteiger partial charge is 0.492 e. The fraction of sp³-hybridized carbons (Fsp3) is 0.263. The van der Waals surface area contributed by atoms with E-state index in [-0.39, 0.29) is 20.8 Å². The molecule has 2 aromatic carbocycles. The molecule has 0 amide bonds. The summed E-state index contributed by atoms with van der Waals surface area (Å²) in [4.78, 5) is -0.0798. The van der Waals surface area contributed by atoms with Gasteiger partial charge in [0, 0.05) is 5.39 Å². The van der Waals surface area contributed by atoms with Gasteiger partial charge in [-0.2, -0.15) is 0 Å². The second-order valence-electron chi connectivity index (χ2n) is 5.96. The molecule has 0 fully saturated rings. The van der Waals surface area contributed by atoms with Gasteiger partial charge in [-0.05, 0) is 36.8 Å². The zero-order chi connectivity index (χ0) is 19.6. The molecule has 3 rings (SSSR count). The summed E-state index contributed by atoms with van der Waals surface area (Å²) in [5.74, 6) is 0.340. The van der Waals surface area contributed by atoms with Gasteiger partial charge in [-0.1, -0.05) is 43.1 Å². The Morgan fingerprint density at radius 1 is 1.15 bits per heavy atom. The van der Waals surface area contributed by atoms with E-state index in [9.17, 15) is 17.2 Å². The van der Waals surface area contributed by atoms with Crippen LogP contribution >= 0.6 is 11.6 Å². The SMILES string of the molecule is CCCCOc1ccc2c(cc(C(F)F)n2S(=O)(=O)c2ccccc2)c1Cl. The Kier molecular flexibility index (Phi) is 5.72. The third-order valence-electron chi connectivity index (χ3n) is 4.13. The van der Waals surface area contributed by atoms with Crippen molar-refractivity contribution in [3.8, 4) is 5.75 Å². The minimum Gasteiger partial charge on any atom is -0.492 e. The molecule has 1 heterocycles. The van der Waals surface area contributed by atoms with Crippen LogP contribution in [0.4, 0.5) is 8.78 Å². The molecule has 144 valence electrons. The molecule has 0 aliphatic rings. The van der Waals surface area contributed by atoms with Gasteiger partial charge in [-0.25, -0.2) is 21.2 Å². The number of aromatic nitrogens is 1. The van der Waals surface area contributed by atoms with Gasteiger partial charge in [0.25, 0.3) is 16.4 Å². The van der Waals surface area contributed by atoms with Crippen LogP contribution in [-0.2, 0) is 10.0 Å². The van der Waals surface area contributed by atoms with Gasteiger partial charge in [0.15, 0.2) is 0 Å². The normalized spacial score (nSPS) is 12.0. The van der Waals surface area contributed by atoms with Crippen molar-refractivity contribution >= 4 is 32.5 Å². The molecule has 0 unspecified atom stereocenters. The highest BCUT2D eigenvalue weighted by atomic mass is 35.5. The lowest BCUT2D eigenvalue weighted by molar-refractivity contribution is 0.145. The van der Waals surface area contributed by atoms with Crippen LogP contribution in [0.3, 0.4) is 0 Å². The summed E-state index contributed by atoms with van der Waals surface area (Å²) >= 11 is 6.33. The van der Waals surface area contributed by atoms with Crippen molar-refractivity contribution < 1.29 is 21.9 Å². The first-order chi connectivity index (χ1) is 12.9. The number of hydrogen-bond donors (Lipinski definition) is 0. The predicted molar refractivity (Wildman–Crippen MR) is 101 cm³/mol. The zero-order valence-electron chi connectivity index (χ0n) is 14.5. The number of fused-ring (bicyclic) bond motifs is 1. The van der Waals surface area contributed by atoms with Gasteiger partial charge < -0.3 is 4.74 Å². The maximum Gasteiger partial charge on any atom is 0.279 e. The first kappa shape index (κ1) is 19.6. The highest BCUT2D eigenvalue weighted by Crippen LogP contribution is 2.39. The van der Waals surface area contributed by atoms with E-state index in [0.717, 1.165) is 18.9 Å². The number of rotatable bonds is 7. The second kappa shape index (κ2) is 7.86. The van der Waals surface area contributed by atoms with Gasteiger partial charge in [0.05, 0.1) is 22.0 Å². The number of halogens is 3. The zero-order valence-corrected chi connectivity index (χ0v) is 16.1. The molecule has 0 atom stereocenters. The summed E-state index contributed by atoms with van der Waals surface area (Å²) in [5.41, 5.74) is -0.552. The average molecular weight is 414 g/mol. The van der Waals surface area contributed by atoms with E-state index in [2.05, 4.69) is 0 Å². The fourth-order valence-corrected chi connectivity index (χ4v) is 4.59. The summed E-state index contributed by atoms with van der Waals surface area (Å²) in [6.45, 7) is 2.45. The van der Waals surface area contributed by atoms with Crippen LogP contribution in [0.1, 0.15) is 31.9 Å². The smallest absolute Gasteiger partial charge is 0.279 e. The second-order valence-corrected chi connectivity index (χ2v) is 8.13. The molecule has 0 spiro atoms. The highest BCUT2D eigenvalue weighted by molar-refractivity contribution is 7.90. The lowest BCUT2D eigenvalue weighted by Gasteiger charge is -2.12. The first-order valence-electron chi connectivity index (χ1n) is 8.43. The predicted octanol–water partition coefficient (Wildman–Crippen LogP) is 5.65. The minimum absolute atomic E-state index is 0.0798. The molecule has 27 heavy (non-hydrogen) atoms. The minimum atomic E-state index is -4.21. The number of unbranched alkanes of at least 4 members (excludes halogenated alkanes) is 1. The average Bonchev–Trinajstić information content (AvgIpc) is 3.06. The van der Waals surface area contributed by atoms with Crippen LogP contribution in [0.15, 0.2) is 53.4 Å². The number of benzene rings is 2. The van der Waals surface area contributed by atoms with E-state index in [4.69, 9.17) is 16.3 Å². The molecular formula is C19H18ClF2NO3S. The van der Waals surface area contributed by atoms with Crippen LogP contribution in [0, 0.1) is 0 Å². The van der Waals surface area contributed by atoms with Gasteiger partial charge in [0.1, 0.15) is 11.4 Å². The number of hydrogen-bond acceptors (Lipinski definition) is 3. The van der Waals surface area contributed by atoms with Gasteiger partial charge >= 0.3 is 0 Å². The Bertz CT molecular complexity index is 1050. The Morgan fingerprint density at radius 2 is 1.85 bits per heavy atom. The molecule has 4 nitrogen and oxygen atoms in total. The molecule has 0 bridgehead atoms. The maximum absolute atomic E-state index is 13.6. The van der Waals surface area contributed by atoms with E-state index in [1.165, 1.54) is 36.4 Å². The monoisotopic (exact) mass is 413 g/mol. The lowest BCUT2D eigenvalue weighted by atomic mass is 10.2. The highest BCUT2D eigenvalue weighted by Gasteiger charge is 2.28. The number of alkyl halides is 2. The maximum atomic E-state index is 13.6. The Labute approximate surface area is 161 Å².